The molecule has 0 radical (unpaired) electrons. The van der Waals surface area contributed by atoms with Crippen molar-refractivity contribution in [3.05, 3.63) is 10.7 Å². The van der Waals surface area contributed by atoms with E-state index in [1.54, 1.807) is 0 Å². The molecule has 1 unspecified atom stereocenters. The van der Waals surface area contributed by atoms with Crippen LogP contribution < -0.4 is 4.72 Å². The molecule has 0 spiro atoms. The Labute approximate surface area is 104 Å². The summed E-state index contributed by atoms with van der Waals surface area (Å²) in [5.41, 5.74) is 0.272. The fourth-order valence-electron chi connectivity index (χ4n) is 1.57. The van der Waals surface area contributed by atoms with Crippen LogP contribution in [0, 0.1) is 11.3 Å². The van der Waals surface area contributed by atoms with Crippen LogP contribution in [0.25, 0.3) is 0 Å². The molecule has 1 N–H and O–H groups in total. The van der Waals surface area contributed by atoms with Crippen LogP contribution >= 0.6 is 22.9 Å². The van der Waals surface area contributed by atoms with E-state index in [9.17, 15) is 8.42 Å². The summed E-state index contributed by atoms with van der Waals surface area (Å²) in [5.74, 6) is 0.436. The summed E-state index contributed by atoms with van der Waals surface area (Å²) < 4.78 is 26.6. The SMILES string of the molecule is CC1(C)CC1CNS(=O)(=O)c1cnc(Cl)s1. The highest BCUT2D eigenvalue weighted by atomic mass is 35.5. The van der Waals surface area contributed by atoms with Gasteiger partial charge in [-0.3, -0.25) is 0 Å². The molecule has 16 heavy (non-hydrogen) atoms. The lowest BCUT2D eigenvalue weighted by Gasteiger charge is -2.05. The minimum absolute atomic E-state index is 0.177. The summed E-state index contributed by atoms with van der Waals surface area (Å²) in [6, 6.07) is 0. The van der Waals surface area contributed by atoms with E-state index >= 15 is 0 Å². The van der Waals surface area contributed by atoms with Gasteiger partial charge in [0.15, 0.2) is 8.68 Å². The van der Waals surface area contributed by atoms with E-state index in [2.05, 4.69) is 23.6 Å². The van der Waals surface area contributed by atoms with Crippen LogP contribution in [-0.2, 0) is 10.0 Å². The average molecular weight is 281 g/mol. The summed E-state index contributed by atoms with van der Waals surface area (Å²) in [6.45, 7) is 4.76. The normalized spacial score (nSPS) is 23.3. The third-order valence-corrected chi connectivity index (χ3v) is 5.96. The van der Waals surface area contributed by atoms with Crippen LogP contribution in [0.1, 0.15) is 20.3 Å². The average Bonchev–Trinajstić information content (AvgIpc) is 2.59. The Hall–Kier alpha value is -0.170. The molecule has 2 rings (SSSR count). The largest absolute Gasteiger partial charge is 0.251 e. The van der Waals surface area contributed by atoms with Gasteiger partial charge in [-0.25, -0.2) is 18.1 Å². The van der Waals surface area contributed by atoms with Gasteiger partial charge >= 0.3 is 0 Å². The highest BCUT2D eigenvalue weighted by molar-refractivity contribution is 7.91. The van der Waals surface area contributed by atoms with Gasteiger partial charge in [-0.15, -0.1) is 0 Å². The van der Waals surface area contributed by atoms with Crippen molar-refractivity contribution in [2.45, 2.75) is 24.5 Å². The van der Waals surface area contributed by atoms with Crippen molar-refractivity contribution < 1.29 is 8.42 Å². The molecule has 1 aliphatic rings. The third kappa shape index (κ3) is 2.56. The third-order valence-electron chi connectivity index (χ3n) is 2.96. The fourth-order valence-corrected chi connectivity index (χ4v) is 3.99. The number of halogens is 1. The second-order valence-corrected chi connectivity index (χ2v) is 8.28. The van der Waals surface area contributed by atoms with Crippen molar-refractivity contribution >= 4 is 33.0 Å². The number of thiazole rings is 1. The van der Waals surface area contributed by atoms with Crippen molar-refractivity contribution in [3.63, 3.8) is 0 Å². The van der Waals surface area contributed by atoms with Gasteiger partial charge in [0, 0.05) is 6.54 Å². The zero-order chi connectivity index (χ0) is 12.0. The molecule has 0 amide bonds. The van der Waals surface area contributed by atoms with Gasteiger partial charge in [-0.2, -0.15) is 0 Å². The molecule has 1 atom stereocenters. The van der Waals surface area contributed by atoms with Gasteiger partial charge in [-0.05, 0) is 17.8 Å². The maximum absolute atomic E-state index is 11.8. The number of nitrogens with zero attached hydrogens (tertiary/aromatic N) is 1. The number of hydrogen-bond donors (Lipinski definition) is 1. The number of sulfonamides is 1. The quantitative estimate of drug-likeness (QED) is 0.919. The summed E-state index contributed by atoms with van der Waals surface area (Å²) in [7, 11) is -3.42. The van der Waals surface area contributed by atoms with Gasteiger partial charge in [0.05, 0.1) is 6.20 Å². The first-order chi connectivity index (χ1) is 7.31. The molecular weight excluding hydrogens is 268 g/mol. The maximum Gasteiger partial charge on any atom is 0.251 e. The Bertz CT molecular complexity index is 495. The summed E-state index contributed by atoms with van der Waals surface area (Å²) >= 11 is 6.57. The number of aromatic nitrogens is 1. The molecule has 0 saturated heterocycles. The fraction of sp³-hybridized carbons (Fsp3) is 0.667. The van der Waals surface area contributed by atoms with Gasteiger partial charge in [0.1, 0.15) is 0 Å². The van der Waals surface area contributed by atoms with Crippen molar-refractivity contribution in [2.75, 3.05) is 6.54 Å². The predicted octanol–water partition coefficient (Wildman–Crippen LogP) is 2.12. The molecule has 1 saturated carbocycles. The molecule has 0 aromatic carbocycles. The lowest BCUT2D eigenvalue weighted by atomic mass is 10.1. The Morgan fingerprint density at radius 1 is 1.69 bits per heavy atom. The Balaban J connectivity index is 1.99. The molecular formula is C9H13ClN2O2S2. The minimum Gasteiger partial charge on any atom is -0.232 e. The zero-order valence-corrected chi connectivity index (χ0v) is 11.4. The van der Waals surface area contributed by atoms with E-state index in [1.807, 2.05) is 0 Å². The molecule has 1 aliphatic carbocycles. The van der Waals surface area contributed by atoms with Crippen molar-refractivity contribution in [1.29, 1.82) is 0 Å². The number of rotatable bonds is 4. The lowest BCUT2D eigenvalue weighted by Crippen LogP contribution is -2.26. The van der Waals surface area contributed by atoms with Gasteiger partial charge in [0.25, 0.3) is 10.0 Å². The van der Waals surface area contributed by atoms with E-state index in [4.69, 9.17) is 11.6 Å². The predicted molar refractivity (Wildman–Crippen MR) is 64.2 cm³/mol. The topological polar surface area (TPSA) is 59.1 Å². The first-order valence-corrected chi connectivity index (χ1v) is 7.60. The first-order valence-electron chi connectivity index (χ1n) is 4.92. The molecule has 1 aromatic heterocycles. The van der Waals surface area contributed by atoms with Crippen molar-refractivity contribution in [1.82, 2.24) is 9.71 Å². The van der Waals surface area contributed by atoms with Gasteiger partial charge in [0.2, 0.25) is 0 Å². The monoisotopic (exact) mass is 280 g/mol. The second-order valence-electron chi connectivity index (χ2n) is 4.67. The smallest absolute Gasteiger partial charge is 0.232 e. The summed E-state index contributed by atoms with van der Waals surface area (Å²) in [4.78, 5) is 3.72. The molecule has 1 heterocycles. The first kappa shape index (κ1) is 12.3. The molecule has 1 fully saturated rings. The molecule has 1 aromatic rings. The highest BCUT2D eigenvalue weighted by Crippen LogP contribution is 2.51. The van der Waals surface area contributed by atoms with Gasteiger partial charge < -0.3 is 0 Å². The molecule has 4 nitrogen and oxygen atoms in total. The number of hydrogen-bond acceptors (Lipinski definition) is 4. The molecule has 7 heteroatoms. The molecule has 90 valence electrons. The van der Waals surface area contributed by atoms with E-state index in [1.165, 1.54) is 6.20 Å². The maximum atomic E-state index is 11.8. The second kappa shape index (κ2) is 3.94. The Kier molecular flexibility index (Phi) is 3.03. The van der Waals surface area contributed by atoms with Crippen molar-refractivity contribution in [3.8, 4) is 0 Å². The van der Waals surface area contributed by atoms with E-state index < -0.39 is 10.0 Å². The molecule has 0 bridgehead atoms. The van der Waals surface area contributed by atoms with Crippen LogP contribution in [0.15, 0.2) is 10.4 Å². The lowest BCUT2D eigenvalue weighted by molar-refractivity contribution is 0.538. The zero-order valence-electron chi connectivity index (χ0n) is 9.03. The Morgan fingerprint density at radius 2 is 2.31 bits per heavy atom. The van der Waals surface area contributed by atoms with Crippen LogP contribution in [0.2, 0.25) is 4.47 Å². The van der Waals surface area contributed by atoms with E-state index in [0.717, 1.165) is 17.8 Å². The van der Waals surface area contributed by atoms with E-state index in [0.29, 0.717) is 12.5 Å². The highest BCUT2D eigenvalue weighted by Gasteiger charge is 2.45. The van der Waals surface area contributed by atoms with Crippen LogP contribution in [0.4, 0.5) is 0 Å². The van der Waals surface area contributed by atoms with Crippen LogP contribution in [-0.4, -0.2) is 19.9 Å². The van der Waals surface area contributed by atoms with Crippen molar-refractivity contribution in [2.24, 2.45) is 11.3 Å². The molecule has 0 aliphatic heterocycles. The Morgan fingerprint density at radius 3 is 2.75 bits per heavy atom. The summed E-state index contributed by atoms with van der Waals surface area (Å²) in [5, 5.41) is 0. The number of nitrogens with one attached hydrogen (secondary N) is 1. The van der Waals surface area contributed by atoms with Gasteiger partial charge in [-0.1, -0.05) is 36.8 Å². The minimum atomic E-state index is -3.42. The van der Waals surface area contributed by atoms with Crippen LogP contribution in [0.5, 0.6) is 0 Å². The van der Waals surface area contributed by atoms with Crippen LogP contribution in [0.3, 0.4) is 0 Å². The van der Waals surface area contributed by atoms with E-state index in [-0.39, 0.29) is 14.1 Å². The summed E-state index contributed by atoms with van der Waals surface area (Å²) in [6.07, 6.45) is 2.35. The standard InChI is InChI=1S/C9H13ClN2O2S2/c1-9(2)3-6(9)4-12-16(13,14)7-5-11-8(10)15-7/h5-6,12H,3-4H2,1-2H3.